The zero-order valence-corrected chi connectivity index (χ0v) is 15.5. The first-order chi connectivity index (χ1) is 12.1. The van der Waals surface area contributed by atoms with Crippen molar-refractivity contribution in [2.24, 2.45) is 0 Å². The van der Waals surface area contributed by atoms with Gasteiger partial charge >= 0.3 is 6.18 Å². The highest BCUT2D eigenvalue weighted by atomic mass is 35.5. The summed E-state index contributed by atoms with van der Waals surface area (Å²) in [7, 11) is 0. The number of hydrogen-bond donors (Lipinski definition) is 2. The number of amides is 1. The number of anilines is 1. The third-order valence-electron chi connectivity index (χ3n) is 3.81. The van der Waals surface area contributed by atoms with Gasteiger partial charge in [0.1, 0.15) is 0 Å². The number of carbonyl (C=O) groups excluding carboxylic acids is 1. The minimum atomic E-state index is -4.55. The molecule has 8 heteroatoms. The second kappa shape index (κ2) is 8.29. The molecule has 2 aromatic rings. The Morgan fingerprint density at radius 3 is 2.35 bits per heavy atom. The van der Waals surface area contributed by atoms with Gasteiger partial charge in [-0.25, -0.2) is 0 Å². The molecule has 1 amide bonds. The number of carbonyl (C=O) groups is 1. The Morgan fingerprint density at radius 1 is 1.08 bits per heavy atom. The average Bonchev–Trinajstić information content (AvgIpc) is 2.54. The summed E-state index contributed by atoms with van der Waals surface area (Å²) in [4.78, 5) is 12.3. The number of benzene rings is 2. The van der Waals surface area contributed by atoms with Crippen molar-refractivity contribution in [1.82, 2.24) is 5.32 Å². The standard InChI is InChI=1S/C18H17Cl2F3N2O/c1-10(13-8-7-12(19)9-15(13)20)24-11(2)17(26)25-16-6-4-3-5-14(16)18(21,22)23/h3-11,24H,1-2H3,(H,25,26). The zero-order valence-electron chi connectivity index (χ0n) is 14.0. The Kier molecular flexibility index (Phi) is 6.55. The van der Waals surface area contributed by atoms with Crippen LogP contribution in [0.15, 0.2) is 42.5 Å². The first-order valence-electron chi connectivity index (χ1n) is 7.77. The molecule has 0 saturated heterocycles. The van der Waals surface area contributed by atoms with Crippen molar-refractivity contribution in [3.63, 3.8) is 0 Å². The maximum absolute atomic E-state index is 13.0. The van der Waals surface area contributed by atoms with E-state index in [2.05, 4.69) is 10.6 Å². The van der Waals surface area contributed by atoms with Gasteiger partial charge in [0.15, 0.2) is 0 Å². The van der Waals surface area contributed by atoms with Crippen LogP contribution in [-0.2, 0) is 11.0 Å². The maximum Gasteiger partial charge on any atom is 0.418 e. The number of rotatable bonds is 5. The van der Waals surface area contributed by atoms with E-state index in [1.54, 1.807) is 32.0 Å². The summed E-state index contributed by atoms with van der Waals surface area (Å²) in [5.41, 5.74) is -0.448. The van der Waals surface area contributed by atoms with Crippen molar-refractivity contribution in [2.75, 3.05) is 5.32 Å². The van der Waals surface area contributed by atoms with E-state index in [0.717, 1.165) is 11.6 Å². The van der Waals surface area contributed by atoms with E-state index in [1.165, 1.54) is 18.2 Å². The molecule has 0 radical (unpaired) electrons. The van der Waals surface area contributed by atoms with E-state index >= 15 is 0 Å². The fraction of sp³-hybridized carbons (Fsp3) is 0.278. The molecule has 0 fully saturated rings. The largest absolute Gasteiger partial charge is 0.418 e. The summed E-state index contributed by atoms with van der Waals surface area (Å²) in [5.74, 6) is -0.585. The molecule has 0 spiro atoms. The zero-order chi connectivity index (χ0) is 19.5. The van der Waals surface area contributed by atoms with Crippen molar-refractivity contribution >= 4 is 34.8 Å². The fourth-order valence-electron chi connectivity index (χ4n) is 2.47. The van der Waals surface area contributed by atoms with Crippen LogP contribution in [0.1, 0.15) is 31.0 Å². The molecule has 0 heterocycles. The molecule has 2 aromatic carbocycles. The van der Waals surface area contributed by atoms with Crippen LogP contribution in [0.4, 0.5) is 18.9 Å². The quantitative estimate of drug-likeness (QED) is 0.671. The molecule has 140 valence electrons. The smallest absolute Gasteiger partial charge is 0.324 e. The van der Waals surface area contributed by atoms with Gasteiger partial charge in [-0.05, 0) is 43.7 Å². The number of alkyl halides is 3. The molecule has 2 atom stereocenters. The molecule has 0 bridgehead atoms. The van der Waals surface area contributed by atoms with E-state index in [-0.39, 0.29) is 11.7 Å². The third kappa shape index (κ3) is 5.13. The van der Waals surface area contributed by atoms with Crippen LogP contribution < -0.4 is 10.6 Å². The monoisotopic (exact) mass is 404 g/mol. The SMILES string of the molecule is CC(NC(C)c1ccc(Cl)cc1Cl)C(=O)Nc1ccccc1C(F)(F)F. The number of nitrogens with one attached hydrogen (secondary N) is 2. The Labute approximate surface area is 159 Å². The second-order valence-corrected chi connectivity index (χ2v) is 6.65. The van der Waals surface area contributed by atoms with E-state index in [4.69, 9.17) is 23.2 Å². The minimum Gasteiger partial charge on any atom is -0.324 e. The van der Waals surface area contributed by atoms with Gasteiger partial charge in [-0.2, -0.15) is 13.2 Å². The van der Waals surface area contributed by atoms with Gasteiger partial charge < -0.3 is 5.32 Å². The van der Waals surface area contributed by atoms with Crippen LogP contribution in [0.25, 0.3) is 0 Å². The van der Waals surface area contributed by atoms with Crippen LogP contribution in [0, 0.1) is 0 Å². The lowest BCUT2D eigenvalue weighted by molar-refractivity contribution is -0.137. The average molecular weight is 405 g/mol. The van der Waals surface area contributed by atoms with Gasteiger partial charge in [0.05, 0.1) is 17.3 Å². The Hall–Kier alpha value is -1.76. The highest BCUT2D eigenvalue weighted by Crippen LogP contribution is 2.34. The molecule has 3 nitrogen and oxygen atoms in total. The van der Waals surface area contributed by atoms with Crippen molar-refractivity contribution in [3.8, 4) is 0 Å². The summed E-state index contributed by atoms with van der Waals surface area (Å²) >= 11 is 12.0. The normalized spacial score (nSPS) is 14.0. The van der Waals surface area contributed by atoms with Gasteiger partial charge in [0.2, 0.25) is 5.91 Å². The van der Waals surface area contributed by atoms with Crippen molar-refractivity contribution in [2.45, 2.75) is 32.1 Å². The highest BCUT2D eigenvalue weighted by molar-refractivity contribution is 6.35. The first kappa shape index (κ1) is 20.6. The molecule has 0 aliphatic heterocycles. The number of halogens is 5. The summed E-state index contributed by atoms with van der Waals surface area (Å²) < 4.78 is 39.0. The lowest BCUT2D eigenvalue weighted by atomic mass is 10.1. The summed E-state index contributed by atoms with van der Waals surface area (Å²) in [5, 5.41) is 6.26. The van der Waals surface area contributed by atoms with E-state index in [0.29, 0.717) is 10.0 Å². The molecule has 2 rings (SSSR count). The van der Waals surface area contributed by atoms with Crippen molar-refractivity contribution in [3.05, 3.63) is 63.6 Å². The lowest BCUT2D eigenvalue weighted by Gasteiger charge is -2.22. The van der Waals surface area contributed by atoms with Crippen LogP contribution in [0.2, 0.25) is 10.0 Å². The highest BCUT2D eigenvalue weighted by Gasteiger charge is 2.33. The molecular weight excluding hydrogens is 388 g/mol. The molecule has 26 heavy (non-hydrogen) atoms. The van der Waals surface area contributed by atoms with Gasteiger partial charge in [-0.1, -0.05) is 41.4 Å². The predicted octanol–water partition coefficient (Wildman–Crippen LogP) is 5.69. The first-order valence-corrected chi connectivity index (χ1v) is 8.53. The van der Waals surface area contributed by atoms with E-state index < -0.39 is 23.7 Å². The topological polar surface area (TPSA) is 41.1 Å². The molecular formula is C18H17Cl2F3N2O. The molecule has 0 aromatic heterocycles. The molecule has 0 aliphatic rings. The van der Waals surface area contributed by atoms with Crippen molar-refractivity contribution < 1.29 is 18.0 Å². The van der Waals surface area contributed by atoms with Gasteiger partial charge in [-0.3, -0.25) is 10.1 Å². The Morgan fingerprint density at radius 2 is 1.73 bits per heavy atom. The van der Waals surface area contributed by atoms with Gasteiger partial charge in [0.25, 0.3) is 0 Å². The van der Waals surface area contributed by atoms with Gasteiger partial charge in [0, 0.05) is 16.1 Å². The van der Waals surface area contributed by atoms with Crippen LogP contribution in [0.5, 0.6) is 0 Å². The van der Waals surface area contributed by atoms with Gasteiger partial charge in [-0.15, -0.1) is 0 Å². The van der Waals surface area contributed by atoms with Crippen LogP contribution >= 0.6 is 23.2 Å². The summed E-state index contributed by atoms with van der Waals surface area (Å²) in [6.07, 6.45) is -4.55. The molecule has 0 aliphatic carbocycles. The second-order valence-electron chi connectivity index (χ2n) is 5.81. The lowest BCUT2D eigenvalue weighted by Crippen LogP contribution is -2.39. The van der Waals surface area contributed by atoms with E-state index in [1.807, 2.05) is 0 Å². The van der Waals surface area contributed by atoms with E-state index in [9.17, 15) is 18.0 Å². The molecule has 0 saturated carbocycles. The summed E-state index contributed by atoms with van der Waals surface area (Å²) in [6, 6.07) is 8.76. The minimum absolute atomic E-state index is 0.282. The molecule has 2 N–H and O–H groups in total. The number of hydrogen-bond acceptors (Lipinski definition) is 2. The van der Waals surface area contributed by atoms with Crippen LogP contribution in [-0.4, -0.2) is 11.9 Å². The third-order valence-corrected chi connectivity index (χ3v) is 4.38. The number of para-hydroxylation sites is 1. The Bertz CT molecular complexity index is 796. The Balaban J connectivity index is 2.09. The predicted molar refractivity (Wildman–Crippen MR) is 97.5 cm³/mol. The molecule has 2 unspecified atom stereocenters. The van der Waals surface area contributed by atoms with Crippen LogP contribution in [0.3, 0.4) is 0 Å². The summed E-state index contributed by atoms with van der Waals surface area (Å²) in [6.45, 7) is 3.36. The van der Waals surface area contributed by atoms with Crippen molar-refractivity contribution in [1.29, 1.82) is 0 Å². The fourth-order valence-corrected chi connectivity index (χ4v) is 3.05. The maximum atomic E-state index is 13.0.